The molecule has 0 spiro atoms. The number of nitrogens with one attached hydrogen (secondary N) is 2. The Morgan fingerprint density at radius 3 is 2.04 bits per heavy atom. The molecule has 0 aromatic heterocycles. The van der Waals surface area contributed by atoms with Crippen LogP contribution in [0.15, 0.2) is 89.8 Å². The van der Waals surface area contributed by atoms with E-state index in [1.54, 1.807) is 36.4 Å². The molecule has 0 radical (unpaired) electrons. The number of carbonyl (C=O) groups is 1. The molecule has 0 unspecified atom stereocenters. The zero-order chi connectivity index (χ0) is 20.0. The van der Waals surface area contributed by atoms with Crippen molar-refractivity contribution in [2.75, 3.05) is 5.32 Å². The van der Waals surface area contributed by atoms with Gasteiger partial charge in [0, 0.05) is 5.69 Å². The fourth-order valence-corrected chi connectivity index (χ4v) is 3.96. The van der Waals surface area contributed by atoms with Crippen molar-refractivity contribution in [3.63, 3.8) is 0 Å². The lowest BCUT2D eigenvalue weighted by atomic mass is 10.1. The molecular formula is C22H22N2O3S. The topological polar surface area (TPSA) is 75.3 Å². The van der Waals surface area contributed by atoms with E-state index >= 15 is 0 Å². The first-order chi connectivity index (χ1) is 13.4. The van der Waals surface area contributed by atoms with Gasteiger partial charge >= 0.3 is 0 Å². The second-order valence-electron chi connectivity index (χ2n) is 6.53. The smallest absolute Gasteiger partial charge is 0.242 e. The number of aryl methyl sites for hydroxylation is 1. The van der Waals surface area contributed by atoms with Crippen LogP contribution in [0.5, 0.6) is 0 Å². The molecule has 0 aliphatic rings. The Bertz CT molecular complexity index is 1020. The maximum atomic E-state index is 12.8. The Kier molecular flexibility index (Phi) is 6.23. The maximum Gasteiger partial charge on any atom is 0.242 e. The van der Waals surface area contributed by atoms with Crippen LogP contribution in [0.3, 0.4) is 0 Å². The van der Waals surface area contributed by atoms with Gasteiger partial charge in [-0.3, -0.25) is 4.79 Å². The zero-order valence-electron chi connectivity index (χ0n) is 15.5. The average Bonchev–Trinajstić information content (AvgIpc) is 2.69. The molecule has 6 heteroatoms. The van der Waals surface area contributed by atoms with Crippen molar-refractivity contribution in [3.8, 4) is 0 Å². The number of hydrogen-bond acceptors (Lipinski definition) is 3. The molecule has 0 heterocycles. The molecule has 0 saturated carbocycles. The Labute approximate surface area is 165 Å². The fourth-order valence-electron chi connectivity index (χ4n) is 2.76. The molecule has 3 aromatic carbocycles. The van der Waals surface area contributed by atoms with Crippen molar-refractivity contribution in [3.05, 3.63) is 96.1 Å². The van der Waals surface area contributed by atoms with Crippen molar-refractivity contribution >= 4 is 21.6 Å². The Hall–Kier alpha value is -2.96. The van der Waals surface area contributed by atoms with Crippen molar-refractivity contribution in [2.24, 2.45) is 0 Å². The number of amides is 1. The summed E-state index contributed by atoms with van der Waals surface area (Å²) < 4.78 is 28.2. The molecule has 0 aliphatic carbocycles. The third-order valence-electron chi connectivity index (χ3n) is 4.27. The van der Waals surface area contributed by atoms with E-state index in [2.05, 4.69) is 10.0 Å². The SMILES string of the molecule is Cc1ccc(S(=O)(=O)N[C@@H](Cc2ccccc2)C(=O)Nc2ccccc2)cc1. The zero-order valence-corrected chi connectivity index (χ0v) is 16.3. The predicted octanol–water partition coefficient (Wildman–Crippen LogP) is 3.52. The van der Waals surface area contributed by atoms with E-state index in [9.17, 15) is 13.2 Å². The standard InChI is InChI=1S/C22H22N2O3S/c1-17-12-14-20(15-13-17)28(26,27)24-21(16-18-8-4-2-5-9-18)22(25)23-19-10-6-3-7-11-19/h2-15,21,24H,16H2,1H3,(H,23,25)/t21-/m0/s1. The third kappa shape index (κ3) is 5.28. The van der Waals surface area contributed by atoms with Crippen LogP contribution in [0.25, 0.3) is 0 Å². The summed E-state index contributed by atoms with van der Waals surface area (Å²) in [6.07, 6.45) is 0.241. The second kappa shape index (κ2) is 8.82. The average molecular weight is 394 g/mol. The predicted molar refractivity (Wildman–Crippen MR) is 111 cm³/mol. The van der Waals surface area contributed by atoms with Crippen LogP contribution in [0.1, 0.15) is 11.1 Å². The molecule has 0 aliphatic heterocycles. The molecular weight excluding hydrogens is 372 g/mol. The number of anilines is 1. The van der Waals surface area contributed by atoms with Gasteiger partial charge in [-0.2, -0.15) is 4.72 Å². The summed E-state index contributed by atoms with van der Waals surface area (Å²) in [6, 6.07) is 23.9. The molecule has 5 nitrogen and oxygen atoms in total. The molecule has 3 aromatic rings. The van der Waals surface area contributed by atoms with Gasteiger partial charge in [-0.1, -0.05) is 66.2 Å². The Morgan fingerprint density at radius 1 is 0.857 bits per heavy atom. The molecule has 0 saturated heterocycles. The van der Waals surface area contributed by atoms with Gasteiger partial charge in [-0.15, -0.1) is 0 Å². The third-order valence-corrected chi connectivity index (χ3v) is 5.76. The van der Waals surface area contributed by atoms with Crippen molar-refractivity contribution < 1.29 is 13.2 Å². The fraction of sp³-hybridized carbons (Fsp3) is 0.136. The normalized spacial score (nSPS) is 12.3. The van der Waals surface area contributed by atoms with Crippen LogP contribution in [0.4, 0.5) is 5.69 Å². The molecule has 0 fully saturated rings. The van der Waals surface area contributed by atoms with Gasteiger partial charge in [0.15, 0.2) is 0 Å². The van der Waals surface area contributed by atoms with Crippen LogP contribution >= 0.6 is 0 Å². The summed E-state index contributed by atoms with van der Waals surface area (Å²) in [6.45, 7) is 1.88. The van der Waals surface area contributed by atoms with Crippen molar-refractivity contribution in [2.45, 2.75) is 24.3 Å². The van der Waals surface area contributed by atoms with Crippen LogP contribution in [0, 0.1) is 6.92 Å². The summed E-state index contributed by atoms with van der Waals surface area (Å²) in [5, 5.41) is 2.78. The number of sulfonamides is 1. The van der Waals surface area contributed by atoms with E-state index in [4.69, 9.17) is 0 Å². The number of hydrogen-bond donors (Lipinski definition) is 2. The quantitative estimate of drug-likeness (QED) is 0.644. The number of rotatable bonds is 7. The highest BCUT2D eigenvalue weighted by Gasteiger charge is 2.26. The molecule has 0 bridgehead atoms. The Balaban J connectivity index is 1.84. The minimum Gasteiger partial charge on any atom is -0.325 e. The van der Waals surface area contributed by atoms with Crippen LogP contribution < -0.4 is 10.0 Å². The van der Waals surface area contributed by atoms with E-state index in [1.165, 1.54) is 12.1 Å². The van der Waals surface area contributed by atoms with Crippen LogP contribution in [-0.2, 0) is 21.2 Å². The monoisotopic (exact) mass is 394 g/mol. The molecule has 2 N–H and O–H groups in total. The van der Waals surface area contributed by atoms with E-state index in [0.29, 0.717) is 5.69 Å². The number of benzene rings is 3. The van der Waals surface area contributed by atoms with Gasteiger partial charge in [0.2, 0.25) is 15.9 Å². The minimum absolute atomic E-state index is 0.128. The van der Waals surface area contributed by atoms with Gasteiger partial charge in [0.05, 0.1) is 4.90 Å². The largest absolute Gasteiger partial charge is 0.325 e. The maximum absolute atomic E-state index is 12.8. The lowest BCUT2D eigenvalue weighted by Gasteiger charge is -2.19. The van der Waals surface area contributed by atoms with Crippen LogP contribution in [0.2, 0.25) is 0 Å². The van der Waals surface area contributed by atoms with E-state index in [-0.39, 0.29) is 11.3 Å². The Morgan fingerprint density at radius 2 is 1.43 bits per heavy atom. The minimum atomic E-state index is -3.84. The number of para-hydroxylation sites is 1. The molecule has 1 amide bonds. The molecule has 3 rings (SSSR count). The van der Waals surface area contributed by atoms with Gasteiger partial charge in [-0.25, -0.2) is 8.42 Å². The van der Waals surface area contributed by atoms with Crippen LogP contribution in [-0.4, -0.2) is 20.4 Å². The highest BCUT2D eigenvalue weighted by atomic mass is 32.2. The first kappa shape index (κ1) is 19.8. The molecule has 28 heavy (non-hydrogen) atoms. The summed E-state index contributed by atoms with van der Waals surface area (Å²) in [5.41, 5.74) is 2.43. The first-order valence-electron chi connectivity index (χ1n) is 8.93. The summed E-state index contributed by atoms with van der Waals surface area (Å²) >= 11 is 0. The van der Waals surface area contributed by atoms with Crippen molar-refractivity contribution in [1.82, 2.24) is 4.72 Å². The molecule has 1 atom stereocenters. The number of carbonyl (C=O) groups excluding carboxylic acids is 1. The van der Waals surface area contributed by atoms with E-state index in [0.717, 1.165) is 11.1 Å². The van der Waals surface area contributed by atoms with Gasteiger partial charge in [0.1, 0.15) is 6.04 Å². The first-order valence-corrected chi connectivity index (χ1v) is 10.4. The summed E-state index contributed by atoms with van der Waals surface area (Å²) in [4.78, 5) is 13.0. The van der Waals surface area contributed by atoms with Crippen molar-refractivity contribution in [1.29, 1.82) is 0 Å². The second-order valence-corrected chi connectivity index (χ2v) is 8.25. The van der Waals surface area contributed by atoms with Gasteiger partial charge < -0.3 is 5.32 Å². The van der Waals surface area contributed by atoms with E-state index in [1.807, 2.05) is 43.3 Å². The summed E-state index contributed by atoms with van der Waals surface area (Å²) in [5.74, 6) is -0.411. The highest BCUT2D eigenvalue weighted by molar-refractivity contribution is 7.89. The van der Waals surface area contributed by atoms with E-state index < -0.39 is 22.0 Å². The van der Waals surface area contributed by atoms with Gasteiger partial charge in [0.25, 0.3) is 0 Å². The highest BCUT2D eigenvalue weighted by Crippen LogP contribution is 2.14. The summed E-state index contributed by atoms with van der Waals surface area (Å²) in [7, 11) is -3.84. The molecule has 144 valence electrons. The lowest BCUT2D eigenvalue weighted by molar-refractivity contribution is -0.117. The lowest BCUT2D eigenvalue weighted by Crippen LogP contribution is -2.45. The van der Waals surface area contributed by atoms with Gasteiger partial charge in [-0.05, 0) is 43.2 Å².